The summed E-state index contributed by atoms with van der Waals surface area (Å²) in [6, 6.07) is 18.6. The van der Waals surface area contributed by atoms with Crippen LogP contribution in [0.1, 0.15) is 11.1 Å². The molecule has 0 spiro atoms. The monoisotopic (exact) mass is 557 g/mol. The van der Waals surface area contributed by atoms with Gasteiger partial charge in [0.1, 0.15) is 5.75 Å². The summed E-state index contributed by atoms with van der Waals surface area (Å²) >= 11 is 6.64. The predicted octanol–water partition coefficient (Wildman–Crippen LogP) is 6.19. The van der Waals surface area contributed by atoms with Gasteiger partial charge in [-0.3, -0.25) is 14.5 Å². The molecule has 0 bridgehead atoms. The number of hydrogen-bond acceptors (Lipinski definition) is 6. The Kier molecular flexibility index (Phi) is 8.08. The molecule has 4 rings (SSSR count). The summed E-state index contributed by atoms with van der Waals surface area (Å²) in [5, 5.41) is 2.39. The van der Waals surface area contributed by atoms with Crippen molar-refractivity contribution in [2.75, 3.05) is 35.8 Å². The normalized spacial score (nSPS) is 14.7. The molecule has 0 atom stereocenters. The zero-order chi connectivity index (χ0) is 27.4. The largest absolute Gasteiger partial charge is 0.484 e. The molecular formula is C27H22F3N3O3S2. The average Bonchev–Trinajstić information content (AvgIpc) is 3.15. The number of carbonyl (C=O) groups is 2. The maximum atomic E-state index is 13.0. The van der Waals surface area contributed by atoms with E-state index in [4.69, 9.17) is 17.0 Å². The van der Waals surface area contributed by atoms with Crippen molar-refractivity contribution in [3.05, 3.63) is 88.8 Å². The van der Waals surface area contributed by atoms with Gasteiger partial charge in [-0.15, -0.1) is 0 Å². The fourth-order valence-corrected chi connectivity index (χ4v) is 4.82. The van der Waals surface area contributed by atoms with Crippen molar-refractivity contribution in [3.63, 3.8) is 0 Å². The van der Waals surface area contributed by atoms with Crippen molar-refractivity contribution in [1.29, 1.82) is 0 Å². The third-order valence-electron chi connectivity index (χ3n) is 5.44. The molecule has 1 fully saturated rings. The molecule has 3 aromatic carbocycles. The Morgan fingerprint density at radius 1 is 1.08 bits per heavy atom. The molecule has 2 amide bonds. The Balaban J connectivity index is 1.35. The summed E-state index contributed by atoms with van der Waals surface area (Å²) in [5.41, 5.74) is 1.59. The van der Waals surface area contributed by atoms with Crippen LogP contribution in [0.3, 0.4) is 0 Å². The molecule has 1 heterocycles. The number of halogens is 3. The number of thiocarbonyl (C=S) groups is 1. The minimum absolute atomic E-state index is 0.0229. The van der Waals surface area contributed by atoms with E-state index < -0.39 is 17.6 Å². The van der Waals surface area contributed by atoms with Crippen molar-refractivity contribution >= 4 is 63.3 Å². The minimum Gasteiger partial charge on any atom is -0.484 e. The lowest BCUT2D eigenvalue weighted by molar-refractivity contribution is -0.137. The topological polar surface area (TPSA) is 61.9 Å². The van der Waals surface area contributed by atoms with Crippen molar-refractivity contribution in [1.82, 2.24) is 0 Å². The second-order valence-corrected chi connectivity index (χ2v) is 10.1. The molecular weight excluding hydrogens is 535 g/mol. The Morgan fingerprint density at radius 3 is 2.39 bits per heavy atom. The highest BCUT2D eigenvalue weighted by molar-refractivity contribution is 8.27. The fraction of sp³-hybridized carbons (Fsp3) is 0.148. The molecule has 1 aliphatic heterocycles. The average molecular weight is 558 g/mol. The highest BCUT2D eigenvalue weighted by atomic mass is 32.2. The summed E-state index contributed by atoms with van der Waals surface area (Å²) < 4.78 is 44.4. The first-order valence-corrected chi connectivity index (χ1v) is 12.5. The standard InChI is InChI=1S/C27H22F3N3O3S2/c1-32(2)20-8-10-21(11-9-20)33-25(35)23(38-26(33)37)14-17-6-12-22(13-7-17)36-16-24(34)31-19-5-3-4-18(15-19)27(28,29)30/h3-15H,16H2,1-2H3,(H,31,34)/b23-14-. The van der Waals surface area contributed by atoms with Crippen LogP contribution in [0.2, 0.25) is 0 Å². The number of hydrogen-bond donors (Lipinski definition) is 1. The lowest BCUT2D eigenvalue weighted by Gasteiger charge is -2.17. The van der Waals surface area contributed by atoms with Crippen molar-refractivity contribution in [2.24, 2.45) is 0 Å². The lowest BCUT2D eigenvalue weighted by atomic mass is 10.2. The van der Waals surface area contributed by atoms with E-state index in [0.29, 0.717) is 20.7 Å². The number of carbonyl (C=O) groups excluding carboxylic acids is 2. The number of nitrogens with one attached hydrogen (secondary N) is 1. The molecule has 0 unspecified atom stereocenters. The molecule has 38 heavy (non-hydrogen) atoms. The third-order valence-corrected chi connectivity index (χ3v) is 6.74. The summed E-state index contributed by atoms with van der Waals surface area (Å²) in [7, 11) is 3.87. The number of amides is 2. The summed E-state index contributed by atoms with van der Waals surface area (Å²) in [6.45, 7) is -0.388. The van der Waals surface area contributed by atoms with Gasteiger partial charge in [-0.05, 0) is 66.2 Å². The SMILES string of the molecule is CN(C)c1ccc(N2C(=O)/C(=C/c3ccc(OCC(=O)Nc4cccc(C(F)(F)F)c4)cc3)SC2=S)cc1. The van der Waals surface area contributed by atoms with E-state index in [1.807, 2.05) is 43.3 Å². The van der Waals surface area contributed by atoms with Gasteiger partial charge in [0.05, 0.1) is 16.2 Å². The number of ether oxygens (including phenoxy) is 1. The molecule has 3 aromatic rings. The quantitative estimate of drug-likeness (QED) is 0.276. The number of rotatable bonds is 7. The third kappa shape index (κ3) is 6.53. The smallest absolute Gasteiger partial charge is 0.416 e. The fourth-order valence-electron chi connectivity index (χ4n) is 3.52. The second kappa shape index (κ2) is 11.3. The van der Waals surface area contributed by atoms with E-state index in [-0.39, 0.29) is 18.2 Å². The number of anilines is 3. The maximum absolute atomic E-state index is 13.0. The number of nitrogens with zero attached hydrogens (tertiary/aromatic N) is 2. The molecule has 1 N–H and O–H groups in total. The molecule has 1 saturated heterocycles. The number of alkyl halides is 3. The lowest BCUT2D eigenvalue weighted by Crippen LogP contribution is -2.27. The first kappa shape index (κ1) is 27.2. The van der Waals surface area contributed by atoms with E-state index in [1.54, 1.807) is 30.3 Å². The Labute approximate surface area is 227 Å². The van der Waals surface area contributed by atoms with Crippen LogP contribution >= 0.6 is 24.0 Å². The predicted molar refractivity (Wildman–Crippen MR) is 148 cm³/mol. The van der Waals surface area contributed by atoms with Crippen LogP contribution in [0.25, 0.3) is 6.08 Å². The summed E-state index contributed by atoms with van der Waals surface area (Å²) in [6.07, 6.45) is -2.78. The van der Waals surface area contributed by atoms with Gasteiger partial charge in [0, 0.05) is 25.5 Å². The van der Waals surface area contributed by atoms with E-state index in [0.717, 1.165) is 23.4 Å². The molecule has 6 nitrogen and oxygen atoms in total. The van der Waals surface area contributed by atoms with Crippen molar-refractivity contribution < 1.29 is 27.5 Å². The van der Waals surface area contributed by atoms with Crippen molar-refractivity contribution in [3.8, 4) is 5.75 Å². The summed E-state index contributed by atoms with van der Waals surface area (Å²) in [5.74, 6) is -0.435. The highest BCUT2D eigenvalue weighted by Gasteiger charge is 2.33. The van der Waals surface area contributed by atoms with Crippen LogP contribution in [0.4, 0.5) is 30.2 Å². The van der Waals surface area contributed by atoms with Gasteiger partial charge in [-0.25, -0.2) is 0 Å². The molecule has 0 saturated carbocycles. The molecule has 1 aliphatic rings. The van der Waals surface area contributed by atoms with Gasteiger partial charge in [0.25, 0.3) is 11.8 Å². The second-order valence-electron chi connectivity index (χ2n) is 8.41. The number of thioether (sulfide) groups is 1. The van der Waals surface area contributed by atoms with E-state index in [2.05, 4.69) is 5.32 Å². The van der Waals surface area contributed by atoms with Gasteiger partial charge >= 0.3 is 6.18 Å². The van der Waals surface area contributed by atoms with Crippen LogP contribution < -0.4 is 19.9 Å². The molecule has 0 aliphatic carbocycles. The van der Waals surface area contributed by atoms with Crippen LogP contribution in [-0.2, 0) is 15.8 Å². The maximum Gasteiger partial charge on any atom is 0.416 e. The zero-order valence-corrected chi connectivity index (χ0v) is 21.9. The molecule has 11 heteroatoms. The first-order valence-electron chi connectivity index (χ1n) is 11.3. The van der Waals surface area contributed by atoms with Crippen LogP contribution in [0.5, 0.6) is 5.75 Å². The minimum atomic E-state index is -4.50. The zero-order valence-electron chi connectivity index (χ0n) is 20.3. The molecule has 0 radical (unpaired) electrons. The molecule has 196 valence electrons. The van der Waals surface area contributed by atoms with Gasteiger partial charge in [0.15, 0.2) is 10.9 Å². The highest BCUT2D eigenvalue weighted by Crippen LogP contribution is 2.36. The van der Waals surface area contributed by atoms with E-state index >= 15 is 0 Å². The van der Waals surface area contributed by atoms with Crippen molar-refractivity contribution in [2.45, 2.75) is 6.18 Å². The summed E-state index contributed by atoms with van der Waals surface area (Å²) in [4.78, 5) is 29.1. The number of benzene rings is 3. The Morgan fingerprint density at radius 2 is 1.76 bits per heavy atom. The molecule has 0 aromatic heterocycles. The van der Waals surface area contributed by atoms with Gasteiger partial charge < -0.3 is 15.0 Å². The Hall–Kier alpha value is -3.83. The first-order chi connectivity index (χ1) is 18.0. The van der Waals surface area contributed by atoms with Crippen LogP contribution in [-0.4, -0.2) is 36.8 Å². The van der Waals surface area contributed by atoms with Gasteiger partial charge in [-0.1, -0.05) is 42.2 Å². The van der Waals surface area contributed by atoms with Crippen LogP contribution in [0.15, 0.2) is 77.7 Å². The van der Waals surface area contributed by atoms with Crippen LogP contribution in [0, 0.1) is 0 Å². The Bertz CT molecular complexity index is 1390. The van der Waals surface area contributed by atoms with E-state index in [1.165, 1.54) is 28.8 Å². The van der Waals surface area contributed by atoms with Gasteiger partial charge in [-0.2, -0.15) is 13.2 Å². The van der Waals surface area contributed by atoms with E-state index in [9.17, 15) is 22.8 Å². The van der Waals surface area contributed by atoms with Gasteiger partial charge in [0.2, 0.25) is 0 Å².